The second-order valence-corrected chi connectivity index (χ2v) is 2.17. The van der Waals surface area contributed by atoms with Gasteiger partial charge in [0.15, 0.2) is 0 Å². The minimum Gasteiger partial charge on any atom is -0.396 e. The molecule has 0 aromatic heterocycles. The molecule has 0 fully saturated rings. The maximum Gasteiger partial charge on any atom is 0.0428 e. The summed E-state index contributed by atoms with van der Waals surface area (Å²) in [6, 6.07) is 0. The third kappa shape index (κ3) is 170. The van der Waals surface area contributed by atoms with Crippen LogP contribution in [0.4, 0.5) is 0 Å². The van der Waals surface area contributed by atoms with E-state index in [0.29, 0.717) is 19.8 Å². The zero-order valence-corrected chi connectivity index (χ0v) is 13.2. The average molecular weight is 301 g/mol. The zero-order chi connectivity index (χ0) is 12.2. The molecule has 0 saturated carbocycles. The summed E-state index contributed by atoms with van der Waals surface area (Å²) in [5.41, 5.74) is 0. The fourth-order valence-corrected chi connectivity index (χ4v) is 0. The van der Waals surface area contributed by atoms with Crippen molar-refractivity contribution in [1.29, 1.82) is 0 Å². The predicted molar refractivity (Wildman–Crippen MR) is 63.2 cm³/mol. The maximum atomic E-state index is 7.88. The monoisotopic (exact) mass is 299 g/mol. The van der Waals surface area contributed by atoms with Crippen LogP contribution in [0, 0.1) is 6.92 Å². The van der Waals surface area contributed by atoms with Gasteiger partial charge in [-0.1, -0.05) is 20.8 Å². The summed E-state index contributed by atoms with van der Waals surface area (Å²) in [6.07, 6.45) is 2.62. The van der Waals surface area contributed by atoms with Gasteiger partial charge in [-0.25, -0.2) is 0 Å². The Morgan fingerprint density at radius 1 is 0.667 bits per heavy atom. The van der Waals surface area contributed by atoms with Gasteiger partial charge in [-0.3, -0.25) is 0 Å². The van der Waals surface area contributed by atoms with E-state index in [1.807, 2.05) is 20.8 Å². The Morgan fingerprint density at radius 3 is 0.733 bits per heavy atom. The van der Waals surface area contributed by atoms with E-state index >= 15 is 0 Å². The van der Waals surface area contributed by atoms with Crippen LogP contribution in [-0.4, -0.2) is 35.1 Å². The molecular formula is C11H29O3Zr-. The molecule has 0 aromatic carbocycles. The summed E-state index contributed by atoms with van der Waals surface area (Å²) < 4.78 is 0. The Morgan fingerprint density at radius 2 is 0.733 bits per heavy atom. The van der Waals surface area contributed by atoms with Gasteiger partial charge < -0.3 is 22.2 Å². The summed E-state index contributed by atoms with van der Waals surface area (Å²) in [7, 11) is 0. The van der Waals surface area contributed by atoms with Crippen LogP contribution in [0.25, 0.3) is 0 Å². The molecule has 0 unspecified atom stereocenters. The van der Waals surface area contributed by atoms with E-state index in [9.17, 15) is 0 Å². The summed E-state index contributed by atoms with van der Waals surface area (Å²) in [6.45, 7) is 11.8. The van der Waals surface area contributed by atoms with Gasteiger partial charge in [-0.15, -0.1) is 0 Å². The first-order valence-corrected chi connectivity index (χ1v) is 5.28. The molecule has 0 amide bonds. The number of rotatable bonds is 3. The quantitative estimate of drug-likeness (QED) is 0.699. The summed E-state index contributed by atoms with van der Waals surface area (Å²) in [5.74, 6) is 0. The molecule has 3 nitrogen and oxygen atoms in total. The van der Waals surface area contributed by atoms with Crippen molar-refractivity contribution in [3.05, 3.63) is 6.92 Å². The minimum absolute atomic E-state index is 0. The van der Waals surface area contributed by atoms with Gasteiger partial charge in [0.1, 0.15) is 0 Å². The largest absolute Gasteiger partial charge is 0.396 e. The average Bonchev–Trinajstić information content (AvgIpc) is 2.31. The molecule has 0 heterocycles. The van der Waals surface area contributed by atoms with Gasteiger partial charge in [0.2, 0.25) is 0 Å². The molecule has 0 radical (unpaired) electrons. The van der Waals surface area contributed by atoms with Crippen molar-refractivity contribution in [3.8, 4) is 0 Å². The fraction of sp³-hybridized carbons (Fsp3) is 0.909. The summed E-state index contributed by atoms with van der Waals surface area (Å²) >= 11 is 0. The van der Waals surface area contributed by atoms with Crippen LogP contribution in [0.15, 0.2) is 0 Å². The Labute approximate surface area is 115 Å². The molecule has 96 valence electrons. The van der Waals surface area contributed by atoms with Crippen molar-refractivity contribution < 1.29 is 41.5 Å². The predicted octanol–water partition coefficient (Wildman–Crippen LogP) is 2.00. The van der Waals surface area contributed by atoms with Crippen LogP contribution in [0.2, 0.25) is 0 Å². The Kier molecular flexibility index (Phi) is 121. The third-order valence-corrected chi connectivity index (χ3v) is 0.671. The first kappa shape index (κ1) is 29.7. The Balaban J connectivity index is -0.0000000298. The van der Waals surface area contributed by atoms with Crippen LogP contribution in [0.1, 0.15) is 47.0 Å². The molecular weight excluding hydrogens is 271 g/mol. The van der Waals surface area contributed by atoms with Crippen molar-refractivity contribution >= 4 is 0 Å². The Bertz CT molecular complexity index is 31.3. The molecule has 0 saturated heterocycles. The minimum atomic E-state index is 0. The fourth-order valence-electron chi connectivity index (χ4n) is 0. The van der Waals surface area contributed by atoms with Crippen LogP contribution < -0.4 is 0 Å². The molecule has 0 aliphatic rings. The van der Waals surface area contributed by atoms with Crippen molar-refractivity contribution in [2.75, 3.05) is 19.8 Å². The van der Waals surface area contributed by atoms with E-state index in [2.05, 4.69) is 6.92 Å². The second kappa shape index (κ2) is 61.1. The molecule has 0 spiro atoms. The van der Waals surface area contributed by atoms with Crippen molar-refractivity contribution in [2.24, 2.45) is 0 Å². The standard InChI is InChI=1S/3C3H8O.C2H5.Zr/c3*1-2-3-4;1-2;/h3*4H,2-3H2,1H3;1H2,2H3;/q;;;-1;. The van der Waals surface area contributed by atoms with Crippen LogP contribution in [0.3, 0.4) is 0 Å². The smallest absolute Gasteiger partial charge is 0.0428 e. The van der Waals surface area contributed by atoms with E-state index in [1.165, 1.54) is 0 Å². The van der Waals surface area contributed by atoms with E-state index in [4.69, 9.17) is 15.3 Å². The molecule has 15 heavy (non-hydrogen) atoms. The van der Waals surface area contributed by atoms with Crippen molar-refractivity contribution in [2.45, 2.75) is 47.0 Å². The molecule has 0 rings (SSSR count). The van der Waals surface area contributed by atoms with Crippen molar-refractivity contribution in [3.63, 3.8) is 0 Å². The third-order valence-electron chi connectivity index (χ3n) is 0.671. The SMILES string of the molecule is CCCO.CCCO.CCCO.[CH2-]C.[Zr]. The summed E-state index contributed by atoms with van der Waals surface area (Å²) in [5, 5.41) is 23.6. The molecule has 0 aliphatic carbocycles. The topological polar surface area (TPSA) is 60.7 Å². The number of aliphatic hydroxyl groups excluding tert-OH is 3. The van der Waals surface area contributed by atoms with Gasteiger partial charge in [-0.05, 0) is 19.3 Å². The first-order chi connectivity index (χ1) is 6.74. The molecule has 3 N–H and O–H groups in total. The zero-order valence-electron chi connectivity index (χ0n) is 10.8. The molecule has 4 heteroatoms. The normalized spacial score (nSPS) is 6.40. The Hall–Kier alpha value is 0.763. The summed E-state index contributed by atoms with van der Waals surface area (Å²) in [4.78, 5) is 0. The van der Waals surface area contributed by atoms with E-state index in [0.717, 1.165) is 19.3 Å². The van der Waals surface area contributed by atoms with Crippen LogP contribution >= 0.6 is 0 Å². The van der Waals surface area contributed by atoms with E-state index in [1.54, 1.807) is 6.92 Å². The van der Waals surface area contributed by atoms with Crippen molar-refractivity contribution in [1.82, 2.24) is 0 Å². The number of hydrogen-bond donors (Lipinski definition) is 3. The van der Waals surface area contributed by atoms with E-state index in [-0.39, 0.29) is 26.2 Å². The first-order valence-electron chi connectivity index (χ1n) is 5.28. The maximum absolute atomic E-state index is 7.88. The molecule has 0 aliphatic heterocycles. The van der Waals surface area contributed by atoms with E-state index < -0.39 is 0 Å². The molecule has 0 aromatic rings. The van der Waals surface area contributed by atoms with Gasteiger partial charge in [0.25, 0.3) is 0 Å². The van der Waals surface area contributed by atoms with Gasteiger partial charge in [0.05, 0.1) is 0 Å². The second-order valence-electron chi connectivity index (χ2n) is 2.17. The number of hydrogen-bond acceptors (Lipinski definition) is 3. The van der Waals surface area contributed by atoms with Gasteiger partial charge in [-0.2, -0.15) is 6.92 Å². The number of aliphatic hydroxyl groups is 3. The van der Waals surface area contributed by atoms with Gasteiger partial charge in [0, 0.05) is 46.0 Å². The molecule has 0 bridgehead atoms. The molecule has 0 atom stereocenters. The van der Waals surface area contributed by atoms with Crippen LogP contribution in [-0.2, 0) is 26.2 Å². The van der Waals surface area contributed by atoms with Gasteiger partial charge >= 0.3 is 0 Å². The van der Waals surface area contributed by atoms with Crippen LogP contribution in [0.5, 0.6) is 0 Å².